The maximum Gasteiger partial charge on any atom is 0.235 e. The van der Waals surface area contributed by atoms with E-state index in [2.05, 4.69) is 9.98 Å². The molecule has 8 nitrogen and oxygen atoms in total. The molecule has 1 amide bonds. The topological polar surface area (TPSA) is 114 Å². The number of pyridine rings is 1. The van der Waals surface area contributed by atoms with Crippen LogP contribution in [0.3, 0.4) is 0 Å². The van der Waals surface area contributed by atoms with E-state index in [9.17, 15) is 4.79 Å². The number of guanidine groups is 1. The summed E-state index contributed by atoms with van der Waals surface area (Å²) >= 11 is 0. The largest absolute Gasteiger partial charge is 0.439 e. The Labute approximate surface area is 184 Å². The van der Waals surface area contributed by atoms with Crippen molar-refractivity contribution < 1.29 is 18.7 Å². The molecule has 32 heavy (non-hydrogen) atoms. The zero-order valence-electron chi connectivity index (χ0n) is 17.5. The van der Waals surface area contributed by atoms with Gasteiger partial charge in [-0.15, -0.1) is 0 Å². The van der Waals surface area contributed by atoms with Crippen LogP contribution in [0.15, 0.2) is 41.5 Å². The van der Waals surface area contributed by atoms with Crippen molar-refractivity contribution in [2.45, 2.75) is 30.9 Å². The van der Waals surface area contributed by atoms with Gasteiger partial charge in [0.25, 0.3) is 0 Å². The summed E-state index contributed by atoms with van der Waals surface area (Å²) in [5.41, 5.74) is 5.36. The number of fused-ring (bicyclic) bond motifs is 1. The molecule has 1 saturated carbocycles. The highest BCUT2D eigenvalue weighted by Crippen LogP contribution is 2.50. The van der Waals surface area contributed by atoms with Gasteiger partial charge < -0.3 is 15.2 Å². The third-order valence-corrected chi connectivity index (χ3v) is 6.49. The summed E-state index contributed by atoms with van der Waals surface area (Å²) in [4.78, 5) is 23.2. The van der Waals surface area contributed by atoms with Crippen LogP contribution in [-0.2, 0) is 15.1 Å². The molecule has 1 aromatic carbocycles. The molecule has 1 saturated heterocycles. The van der Waals surface area contributed by atoms with Crippen LogP contribution < -0.4 is 10.5 Å². The molecule has 3 aliphatic rings. The van der Waals surface area contributed by atoms with Crippen molar-refractivity contribution in [2.75, 3.05) is 13.7 Å². The maximum absolute atomic E-state index is 15.2. The molecule has 2 fully saturated rings. The van der Waals surface area contributed by atoms with Crippen LogP contribution in [0.2, 0.25) is 0 Å². The summed E-state index contributed by atoms with van der Waals surface area (Å²) in [5.74, 6) is -0.345. The quantitative estimate of drug-likeness (QED) is 0.790. The lowest BCUT2D eigenvalue weighted by molar-refractivity contribution is -0.146. The van der Waals surface area contributed by atoms with Gasteiger partial charge in [0.05, 0.1) is 30.3 Å². The van der Waals surface area contributed by atoms with Crippen LogP contribution in [0, 0.1) is 29.0 Å². The lowest BCUT2D eigenvalue weighted by Gasteiger charge is -2.47. The highest BCUT2D eigenvalue weighted by atomic mass is 19.1. The summed E-state index contributed by atoms with van der Waals surface area (Å²) in [6.07, 6.45) is 4.03. The summed E-state index contributed by atoms with van der Waals surface area (Å²) in [6, 6.07) is 9.32. The van der Waals surface area contributed by atoms with E-state index in [0.29, 0.717) is 23.7 Å². The minimum atomic E-state index is -1.27. The summed E-state index contributed by atoms with van der Waals surface area (Å²) < 4.78 is 27.1. The lowest BCUT2D eigenvalue weighted by atomic mass is 9.72. The number of amides is 1. The average Bonchev–Trinajstić information content (AvgIpc) is 3.64. The fraction of sp³-hybridized carbons (Fsp3) is 0.391. The van der Waals surface area contributed by atoms with Gasteiger partial charge in [-0.3, -0.25) is 9.69 Å². The third kappa shape index (κ3) is 3.37. The molecule has 2 aromatic rings. The minimum absolute atomic E-state index is 0.0221. The molecular weight excluding hydrogens is 413 g/mol. The number of nitriles is 1. The van der Waals surface area contributed by atoms with Crippen molar-refractivity contribution in [2.24, 2.45) is 22.6 Å². The van der Waals surface area contributed by atoms with Crippen LogP contribution in [0.5, 0.6) is 11.6 Å². The molecular formula is C23H22FN5O3. The van der Waals surface area contributed by atoms with Crippen LogP contribution >= 0.6 is 0 Å². The molecule has 0 radical (unpaired) electrons. The Bertz CT molecular complexity index is 1160. The molecule has 0 bridgehead atoms. The molecule has 3 heterocycles. The number of aliphatic imine (C=N–C) groups is 1. The molecule has 0 unspecified atom stereocenters. The van der Waals surface area contributed by atoms with Crippen LogP contribution in [-0.4, -0.2) is 41.5 Å². The minimum Gasteiger partial charge on any atom is -0.439 e. The average molecular weight is 435 g/mol. The van der Waals surface area contributed by atoms with E-state index in [-0.39, 0.29) is 36.0 Å². The molecule has 3 atom stereocenters. The second-order valence-electron chi connectivity index (χ2n) is 8.50. The number of carbonyl (C=O) groups excluding carboxylic acids is 1. The molecule has 0 spiro atoms. The number of hydrogen-bond donors (Lipinski definition) is 1. The fourth-order valence-corrected chi connectivity index (χ4v) is 4.55. The second kappa shape index (κ2) is 7.57. The maximum atomic E-state index is 15.2. The monoisotopic (exact) mass is 435 g/mol. The van der Waals surface area contributed by atoms with E-state index in [4.69, 9.17) is 20.5 Å². The van der Waals surface area contributed by atoms with Gasteiger partial charge in [-0.25, -0.2) is 14.4 Å². The first-order chi connectivity index (χ1) is 15.4. The number of carbonyl (C=O) groups is 1. The van der Waals surface area contributed by atoms with Gasteiger partial charge in [0, 0.05) is 24.9 Å². The van der Waals surface area contributed by atoms with E-state index >= 15 is 4.39 Å². The first-order valence-corrected chi connectivity index (χ1v) is 10.5. The number of nitrogens with zero attached hydrogens (tertiary/aromatic N) is 4. The number of rotatable bonds is 4. The Balaban J connectivity index is 1.56. The van der Waals surface area contributed by atoms with Crippen molar-refractivity contribution >= 4 is 11.9 Å². The van der Waals surface area contributed by atoms with Crippen molar-refractivity contribution in [1.29, 1.82) is 5.26 Å². The number of ether oxygens (including phenoxy) is 2. The molecule has 1 aromatic heterocycles. The summed E-state index contributed by atoms with van der Waals surface area (Å²) in [5, 5.41) is 9.08. The smallest absolute Gasteiger partial charge is 0.235 e. The number of nitrogens with two attached hydrogens (primary N) is 1. The van der Waals surface area contributed by atoms with Crippen LogP contribution in [0.25, 0.3) is 0 Å². The van der Waals surface area contributed by atoms with E-state index in [0.717, 1.165) is 12.8 Å². The summed E-state index contributed by atoms with van der Waals surface area (Å²) in [6.45, 7) is 0.0572. The molecule has 1 aliphatic carbocycles. The molecule has 164 valence electrons. The molecule has 5 rings (SSSR count). The van der Waals surface area contributed by atoms with Gasteiger partial charge in [0.2, 0.25) is 11.8 Å². The van der Waals surface area contributed by atoms with Gasteiger partial charge in [0.1, 0.15) is 17.1 Å². The molecule has 2 N–H and O–H groups in total. The van der Waals surface area contributed by atoms with Crippen LogP contribution in [0.4, 0.5) is 4.39 Å². The summed E-state index contributed by atoms with van der Waals surface area (Å²) in [7, 11) is 1.58. The van der Waals surface area contributed by atoms with E-state index < -0.39 is 17.3 Å². The zero-order valence-corrected chi connectivity index (χ0v) is 17.5. The number of aromatic nitrogens is 1. The first kappa shape index (κ1) is 20.4. The predicted octanol–water partition coefficient (Wildman–Crippen LogP) is 2.68. The first-order valence-electron chi connectivity index (χ1n) is 10.5. The second-order valence-corrected chi connectivity index (χ2v) is 8.50. The predicted molar refractivity (Wildman–Crippen MR) is 112 cm³/mol. The Morgan fingerprint density at radius 3 is 2.91 bits per heavy atom. The van der Waals surface area contributed by atoms with Gasteiger partial charge in [0.15, 0.2) is 5.96 Å². The van der Waals surface area contributed by atoms with Crippen molar-refractivity contribution in [1.82, 2.24) is 9.88 Å². The van der Waals surface area contributed by atoms with Gasteiger partial charge in [-0.1, -0.05) is 0 Å². The fourth-order valence-electron chi connectivity index (χ4n) is 4.55. The van der Waals surface area contributed by atoms with Crippen LogP contribution in [0.1, 0.15) is 30.4 Å². The highest BCUT2D eigenvalue weighted by molar-refractivity contribution is 6.00. The standard InChI is InChI=1S/C23H22FN5O3/c1-29-21(30)17-10-19(14-2-3-14)31-12-23(17,28-22(29)26)16-9-15(4-5-18(16)24)32-20-8-13(11-25)6-7-27-20/h4-9,14,17,19H,2-3,10,12H2,1H3,(H2,26,28)/t17-,19+,23+/m0/s1. The lowest BCUT2D eigenvalue weighted by Crippen LogP contribution is -2.60. The Morgan fingerprint density at radius 2 is 2.16 bits per heavy atom. The van der Waals surface area contributed by atoms with E-state index in [1.165, 1.54) is 35.4 Å². The zero-order chi connectivity index (χ0) is 22.5. The number of hydrogen-bond acceptors (Lipinski definition) is 7. The normalized spacial score (nSPS) is 27.3. The van der Waals surface area contributed by atoms with Crippen molar-refractivity contribution in [3.05, 3.63) is 53.5 Å². The third-order valence-electron chi connectivity index (χ3n) is 6.49. The van der Waals surface area contributed by atoms with Gasteiger partial charge >= 0.3 is 0 Å². The SMILES string of the molecule is CN1C(=O)[C@@H]2C[C@H](C3CC3)OC[C@]2(c2cc(Oc3cc(C#N)ccn3)ccc2F)N=C1N. The van der Waals surface area contributed by atoms with Crippen molar-refractivity contribution in [3.63, 3.8) is 0 Å². The molecule has 9 heteroatoms. The Morgan fingerprint density at radius 1 is 1.34 bits per heavy atom. The Hall–Kier alpha value is -3.51. The number of halogens is 1. The highest BCUT2D eigenvalue weighted by Gasteiger charge is 2.56. The Kier molecular flexibility index (Phi) is 4.82. The van der Waals surface area contributed by atoms with Gasteiger partial charge in [-0.2, -0.15) is 5.26 Å². The van der Waals surface area contributed by atoms with Gasteiger partial charge in [-0.05, 0) is 49.4 Å². The van der Waals surface area contributed by atoms with Crippen molar-refractivity contribution in [3.8, 4) is 17.7 Å². The molecule has 2 aliphatic heterocycles. The van der Waals surface area contributed by atoms with E-state index in [1.54, 1.807) is 13.1 Å². The van der Waals surface area contributed by atoms with E-state index in [1.807, 2.05) is 6.07 Å². The number of benzene rings is 1.